The molecule has 3 atom stereocenters. The van der Waals surface area contributed by atoms with Gasteiger partial charge in [-0.3, -0.25) is 0 Å². The molecule has 1 heterocycles. The van der Waals surface area contributed by atoms with Crippen LogP contribution in [0.4, 0.5) is 10.5 Å². The van der Waals surface area contributed by atoms with Crippen LogP contribution in [0.2, 0.25) is 0 Å². The minimum atomic E-state index is -3.59. The molecule has 180 valence electrons. The zero-order valence-corrected chi connectivity index (χ0v) is 19.6. The van der Waals surface area contributed by atoms with Crippen molar-refractivity contribution in [2.75, 3.05) is 25.6 Å². The fourth-order valence-corrected chi connectivity index (χ4v) is 4.79. The summed E-state index contributed by atoms with van der Waals surface area (Å²) in [5, 5.41) is 15.4. The van der Waals surface area contributed by atoms with E-state index < -0.39 is 22.2 Å². The summed E-state index contributed by atoms with van der Waals surface area (Å²) in [5.41, 5.74) is 1.52. The summed E-state index contributed by atoms with van der Waals surface area (Å²) >= 11 is 0. The first-order valence-electron chi connectivity index (χ1n) is 10.9. The zero-order chi connectivity index (χ0) is 23.8. The molecule has 0 saturated carbocycles. The minimum Gasteiger partial charge on any atom is -0.495 e. The van der Waals surface area contributed by atoms with Gasteiger partial charge in [-0.15, -0.1) is 0 Å². The van der Waals surface area contributed by atoms with E-state index in [-0.39, 0.29) is 30.2 Å². The first-order valence-corrected chi connectivity index (χ1v) is 12.3. The Morgan fingerprint density at radius 3 is 2.58 bits per heavy atom. The number of amides is 2. The normalized spacial score (nSPS) is 20.8. The van der Waals surface area contributed by atoms with Crippen LogP contribution in [0.3, 0.4) is 0 Å². The molecular formula is C23H31N3O6S. The Balaban J connectivity index is 1.48. The van der Waals surface area contributed by atoms with Crippen molar-refractivity contribution in [3.05, 3.63) is 54.1 Å². The molecule has 1 saturated heterocycles. The molecule has 2 amide bonds. The number of nitrogens with one attached hydrogen (secondary N) is 3. The maximum Gasteiger partial charge on any atom is 0.319 e. The van der Waals surface area contributed by atoms with E-state index in [2.05, 4.69) is 15.4 Å². The van der Waals surface area contributed by atoms with Crippen molar-refractivity contribution in [3.63, 3.8) is 0 Å². The average Bonchev–Trinajstić information content (AvgIpc) is 2.80. The van der Waals surface area contributed by atoms with Crippen LogP contribution in [-0.2, 0) is 14.8 Å². The van der Waals surface area contributed by atoms with Crippen molar-refractivity contribution in [1.29, 1.82) is 0 Å². The van der Waals surface area contributed by atoms with Gasteiger partial charge in [0.25, 0.3) is 0 Å². The maximum absolute atomic E-state index is 12.4. The van der Waals surface area contributed by atoms with Crippen LogP contribution in [0.5, 0.6) is 5.75 Å². The van der Waals surface area contributed by atoms with E-state index >= 15 is 0 Å². The van der Waals surface area contributed by atoms with Gasteiger partial charge in [0.15, 0.2) is 0 Å². The molecule has 2 aromatic rings. The van der Waals surface area contributed by atoms with E-state index in [4.69, 9.17) is 9.47 Å². The molecule has 33 heavy (non-hydrogen) atoms. The monoisotopic (exact) mass is 477 g/mol. The van der Waals surface area contributed by atoms with Crippen LogP contribution in [-0.4, -0.2) is 58.1 Å². The van der Waals surface area contributed by atoms with E-state index in [0.29, 0.717) is 30.7 Å². The predicted molar refractivity (Wildman–Crippen MR) is 125 cm³/mol. The molecule has 0 unspecified atom stereocenters. The fourth-order valence-electron chi connectivity index (χ4n) is 3.74. The van der Waals surface area contributed by atoms with Crippen LogP contribution in [0.1, 0.15) is 24.8 Å². The van der Waals surface area contributed by atoms with E-state index in [9.17, 15) is 18.3 Å². The summed E-state index contributed by atoms with van der Waals surface area (Å²) in [6, 6.07) is 12.9. The number of anilines is 1. The van der Waals surface area contributed by atoms with Gasteiger partial charge in [0.1, 0.15) is 11.9 Å². The number of methoxy groups -OCH3 is 1. The highest BCUT2D eigenvalue weighted by Gasteiger charge is 2.32. The number of rotatable bonds is 9. The van der Waals surface area contributed by atoms with Crippen molar-refractivity contribution >= 4 is 21.7 Å². The summed E-state index contributed by atoms with van der Waals surface area (Å²) in [4.78, 5) is 12.7. The molecule has 1 aliphatic rings. The van der Waals surface area contributed by atoms with Crippen molar-refractivity contribution in [2.24, 2.45) is 0 Å². The van der Waals surface area contributed by atoms with E-state index in [1.54, 1.807) is 48.5 Å². The number of urea groups is 1. The Hall–Kier alpha value is -2.66. The van der Waals surface area contributed by atoms with E-state index in [0.717, 1.165) is 5.56 Å². The molecule has 0 radical (unpaired) electrons. The average molecular weight is 478 g/mol. The number of sulfonamides is 1. The van der Waals surface area contributed by atoms with Gasteiger partial charge in [-0.2, -0.15) is 0 Å². The van der Waals surface area contributed by atoms with Gasteiger partial charge >= 0.3 is 6.03 Å². The van der Waals surface area contributed by atoms with Crippen molar-refractivity contribution < 1.29 is 27.8 Å². The third-order valence-corrected chi connectivity index (χ3v) is 7.03. The molecule has 1 fully saturated rings. The molecule has 3 rings (SSSR count). The molecule has 0 bridgehead atoms. The first kappa shape index (κ1) is 25.0. The molecule has 10 heteroatoms. The number of carbonyl (C=O) groups is 1. The molecule has 4 N–H and O–H groups in total. The van der Waals surface area contributed by atoms with E-state index in [1.807, 2.05) is 6.92 Å². The summed E-state index contributed by atoms with van der Waals surface area (Å²) in [6.07, 6.45) is 0.878. The number of ether oxygens (including phenoxy) is 2. The zero-order valence-electron chi connectivity index (χ0n) is 18.8. The van der Waals surface area contributed by atoms with Gasteiger partial charge in [0, 0.05) is 6.54 Å². The number of carbonyl (C=O) groups excluding carboxylic acids is 1. The summed E-state index contributed by atoms with van der Waals surface area (Å²) in [6.45, 7) is 1.85. The van der Waals surface area contributed by atoms with Crippen LogP contribution in [0.15, 0.2) is 53.4 Å². The van der Waals surface area contributed by atoms with Gasteiger partial charge in [-0.1, -0.05) is 29.8 Å². The summed E-state index contributed by atoms with van der Waals surface area (Å²) < 4.78 is 38.6. The Bertz CT molecular complexity index is 1030. The lowest BCUT2D eigenvalue weighted by Crippen LogP contribution is -2.52. The van der Waals surface area contributed by atoms with Crippen molar-refractivity contribution in [3.8, 4) is 5.75 Å². The second-order valence-electron chi connectivity index (χ2n) is 7.96. The molecular weight excluding hydrogens is 446 g/mol. The van der Waals surface area contributed by atoms with Gasteiger partial charge in [0.05, 0.1) is 36.4 Å². The SMILES string of the molecule is COc1ccccc1NC(=O)N[C@@H]1CC[C@@H](CCNS(=O)(=O)c2ccc(C)cc2)O[C@@H]1CO. The Kier molecular flexibility index (Phi) is 8.67. The highest BCUT2D eigenvalue weighted by Crippen LogP contribution is 2.24. The van der Waals surface area contributed by atoms with E-state index in [1.165, 1.54) is 7.11 Å². The molecule has 0 spiro atoms. The van der Waals surface area contributed by atoms with Gasteiger partial charge < -0.3 is 25.2 Å². The molecule has 9 nitrogen and oxygen atoms in total. The third-order valence-electron chi connectivity index (χ3n) is 5.56. The fraction of sp³-hybridized carbons (Fsp3) is 0.435. The predicted octanol–water partition coefficient (Wildman–Crippen LogP) is 2.40. The lowest BCUT2D eigenvalue weighted by molar-refractivity contribution is -0.0884. The Labute approximate surface area is 194 Å². The molecule has 0 aromatic heterocycles. The highest BCUT2D eigenvalue weighted by molar-refractivity contribution is 7.89. The second kappa shape index (κ2) is 11.5. The number of aliphatic hydroxyl groups is 1. The lowest BCUT2D eigenvalue weighted by Gasteiger charge is -2.36. The molecule has 0 aliphatic carbocycles. The number of hydrogen-bond donors (Lipinski definition) is 4. The third kappa shape index (κ3) is 6.91. The Morgan fingerprint density at radius 1 is 1.15 bits per heavy atom. The summed E-state index contributed by atoms with van der Waals surface area (Å²) in [7, 11) is -2.07. The van der Waals surface area contributed by atoms with Crippen LogP contribution >= 0.6 is 0 Å². The number of benzene rings is 2. The number of aryl methyl sites for hydroxylation is 1. The number of aliphatic hydroxyl groups excluding tert-OH is 1. The minimum absolute atomic E-state index is 0.214. The molecule has 2 aromatic carbocycles. The number of hydrogen-bond acceptors (Lipinski definition) is 6. The lowest BCUT2D eigenvalue weighted by atomic mass is 9.97. The van der Waals surface area contributed by atoms with Crippen molar-refractivity contribution in [2.45, 2.75) is 49.3 Å². The second-order valence-corrected chi connectivity index (χ2v) is 9.73. The summed E-state index contributed by atoms with van der Waals surface area (Å²) in [5.74, 6) is 0.541. The van der Waals surface area contributed by atoms with Crippen molar-refractivity contribution in [1.82, 2.24) is 10.0 Å². The largest absolute Gasteiger partial charge is 0.495 e. The number of para-hydroxylation sites is 2. The van der Waals surface area contributed by atoms with Gasteiger partial charge in [0.2, 0.25) is 10.0 Å². The molecule has 1 aliphatic heterocycles. The van der Waals surface area contributed by atoms with Crippen LogP contribution in [0, 0.1) is 6.92 Å². The van der Waals surface area contributed by atoms with Crippen LogP contribution < -0.4 is 20.1 Å². The highest BCUT2D eigenvalue weighted by atomic mass is 32.2. The maximum atomic E-state index is 12.4. The Morgan fingerprint density at radius 2 is 1.88 bits per heavy atom. The van der Waals surface area contributed by atoms with Gasteiger partial charge in [-0.25, -0.2) is 17.9 Å². The first-order chi connectivity index (χ1) is 15.8. The topological polar surface area (TPSA) is 126 Å². The standard InChI is InChI=1S/C23H31N3O6S/c1-16-7-10-18(11-8-16)33(29,30)24-14-13-17-9-12-20(22(15-27)32-17)26-23(28)25-19-5-3-4-6-21(19)31-2/h3-8,10-11,17,20,22,24,27H,9,12-15H2,1-2H3,(H2,25,26,28)/t17-,20+,22+/m0/s1. The van der Waals surface area contributed by atoms with Crippen LogP contribution in [0.25, 0.3) is 0 Å². The quantitative estimate of drug-likeness (QED) is 0.439. The smallest absolute Gasteiger partial charge is 0.319 e. The van der Waals surface area contributed by atoms with Gasteiger partial charge in [-0.05, 0) is 50.5 Å².